The molecule has 0 aliphatic heterocycles. The highest BCUT2D eigenvalue weighted by molar-refractivity contribution is 9.10. The standard InChI is InChI=1S/C11H19BrN2O2/c1-3-4-5-10(15)11-9(12)8-13-14(11)6-7-16-2/h8,10,15H,3-7H2,1-2H3. The average Bonchev–Trinajstić information content (AvgIpc) is 2.64. The fraction of sp³-hybridized carbons (Fsp3) is 0.727. The van der Waals surface area contributed by atoms with Crippen molar-refractivity contribution in [3.63, 3.8) is 0 Å². The molecule has 1 unspecified atom stereocenters. The summed E-state index contributed by atoms with van der Waals surface area (Å²) in [6.45, 7) is 3.38. The molecule has 16 heavy (non-hydrogen) atoms. The molecule has 1 N–H and O–H groups in total. The molecule has 1 aromatic heterocycles. The van der Waals surface area contributed by atoms with E-state index in [1.54, 1.807) is 18.0 Å². The van der Waals surface area contributed by atoms with Crippen LogP contribution in [0.2, 0.25) is 0 Å². The van der Waals surface area contributed by atoms with Crippen LogP contribution in [-0.2, 0) is 11.3 Å². The molecule has 92 valence electrons. The molecule has 0 saturated heterocycles. The van der Waals surface area contributed by atoms with E-state index in [2.05, 4.69) is 28.0 Å². The van der Waals surface area contributed by atoms with E-state index in [9.17, 15) is 5.11 Å². The van der Waals surface area contributed by atoms with Crippen molar-refractivity contribution in [3.8, 4) is 0 Å². The van der Waals surface area contributed by atoms with E-state index < -0.39 is 6.10 Å². The van der Waals surface area contributed by atoms with Crippen LogP contribution in [0.3, 0.4) is 0 Å². The first kappa shape index (κ1) is 13.7. The molecule has 0 radical (unpaired) electrons. The molecule has 1 aromatic rings. The Bertz CT molecular complexity index is 315. The maximum atomic E-state index is 10.1. The van der Waals surface area contributed by atoms with Crippen molar-refractivity contribution in [3.05, 3.63) is 16.4 Å². The number of aliphatic hydroxyl groups is 1. The van der Waals surface area contributed by atoms with Gasteiger partial charge in [-0.25, -0.2) is 0 Å². The summed E-state index contributed by atoms with van der Waals surface area (Å²) in [4.78, 5) is 0. The van der Waals surface area contributed by atoms with E-state index in [-0.39, 0.29) is 0 Å². The number of hydrogen-bond acceptors (Lipinski definition) is 3. The molecule has 1 rings (SSSR count). The number of hydrogen-bond donors (Lipinski definition) is 1. The van der Waals surface area contributed by atoms with Gasteiger partial charge in [0, 0.05) is 7.11 Å². The number of methoxy groups -OCH3 is 1. The summed E-state index contributed by atoms with van der Waals surface area (Å²) >= 11 is 3.42. The van der Waals surface area contributed by atoms with Gasteiger partial charge in [0.25, 0.3) is 0 Å². The molecule has 0 fully saturated rings. The second kappa shape index (κ2) is 7.04. The van der Waals surface area contributed by atoms with Gasteiger partial charge in [-0.2, -0.15) is 5.10 Å². The third kappa shape index (κ3) is 3.57. The molecule has 0 amide bonds. The van der Waals surface area contributed by atoms with Crippen LogP contribution in [0, 0.1) is 0 Å². The lowest BCUT2D eigenvalue weighted by Crippen LogP contribution is -2.13. The molecule has 1 atom stereocenters. The van der Waals surface area contributed by atoms with E-state index in [4.69, 9.17) is 4.74 Å². The lowest BCUT2D eigenvalue weighted by Gasteiger charge is -2.13. The molecule has 0 aliphatic carbocycles. The van der Waals surface area contributed by atoms with Gasteiger partial charge >= 0.3 is 0 Å². The van der Waals surface area contributed by atoms with E-state index >= 15 is 0 Å². The maximum absolute atomic E-state index is 10.1. The summed E-state index contributed by atoms with van der Waals surface area (Å²) < 4.78 is 7.68. The number of aromatic nitrogens is 2. The lowest BCUT2D eigenvalue weighted by molar-refractivity contribution is 0.143. The Balaban J connectivity index is 2.71. The molecule has 5 heteroatoms. The van der Waals surface area contributed by atoms with Gasteiger partial charge < -0.3 is 9.84 Å². The molecule has 0 bridgehead atoms. The van der Waals surface area contributed by atoms with Gasteiger partial charge in [-0.3, -0.25) is 4.68 Å². The first-order valence-electron chi connectivity index (χ1n) is 5.58. The van der Waals surface area contributed by atoms with Crippen LogP contribution in [0.5, 0.6) is 0 Å². The predicted octanol–water partition coefficient (Wildman–Crippen LogP) is 2.52. The minimum atomic E-state index is -0.450. The van der Waals surface area contributed by atoms with Crippen molar-refractivity contribution >= 4 is 15.9 Å². The summed E-state index contributed by atoms with van der Waals surface area (Å²) in [5.41, 5.74) is 0.852. The lowest BCUT2D eigenvalue weighted by atomic mass is 10.1. The van der Waals surface area contributed by atoms with Crippen LogP contribution in [0.4, 0.5) is 0 Å². The highest BCUT2D eigenvalue weighted by Crippen LogP contribution is 2.26. The summed E-state index contributed by atoms with van der Waals surface area (Å²) in [7, 11) is 1.66. The Hall–Kier alpha value is -0.390. The van der Waals surface area contributed by atoms with Crippen LogP contribution >= 0.6 is 15.9 Å². The number of rotatable bonds is 7. The van der Waals surface area contributed by atoms with Crippen LogP contribution in [-0.4, -0.2) is 28.6 Å². The Morgan fingerprint density at radius 1 is 1.62 bits per heavy atom. The van der Waals surface area contributed by atoms with Crippen LogP contribution < -0.4 is 0 Å². The molecule has 0 aromatic carbocycles. The number of ether oxygens (including phenoxy) is 1. The number of aliphatic hydroxyl groups excluding tert-OH is 1. The zero-order chi connectivity index (χ0) is 12.0. The second-order valence-corrected chi connectivity index (χ2v) is 4.61. The SMILES string of the molecule is CCCCC(O)c1c(Br)cnn1CCOC. The first-order valence-corrected chi connectivity index (χ1v) is 6.38. The number of nitrogens with zero attached hydrogens (tertiary/aromatic N) is 2. The fourth-order valence-corrected chi connectivity index (χ4v) is 2.15. The molecular formula is C11H19BrN2O2. The third-order valence-electron chi connectivity index (χ3n) is 2.49. The van der Waals surface area contributed by atoms with E-state index in [1.165, 1.54) is 0 Å². The van der Waals surface area contributed by atoms with Crippen LogP contribution in [0.1, 0.15) is 38.0 Å². The minimum Gasteiger partial charge on any atom is -0.387 e. The highest BCUT2D eigenvalue weighted by Gasteiger charge is 2.16. The topological polar surface area (TPSA) is 47.3 Å². The molecular weight excluding hydrogens is 272 g/mol. The normalized spacial score (nSPS) is 13.0. The minimum absolute atomic E-state index is 0.450. The van der Waals surface area contributed by atoms with Gasteiger partial charge in [-0.15, -0.1) is 0 Å². The average molecular weight is 291 g/mol. The van der Waals surface area contributed by atoms with Gasteiger partial charge in [0.2, 0.25) is 0 Å². The van der Waals surface area contributed by atoms with E-state index in [0.29, 0.717) is 13.2 Å². The molecule has 4 nitrogen and oxygen atoms in total. The monoisotopic (exact) mass is 290 g/mol. The zero-order valence-corrected chi connectivity index (χ0v) is 11.4. The maximum Gasteiger partial charge on any atom is 0.0968 e. The smallest absolute Gasteiger partial charge is 0.0968 e. The number of unbranched alkanes of at least 4 members (excludes halogenated alkanes) is 1. The van der Waals surface area contributed by atoms with Crippen LogP contribution in [0.25, 0.3) is 0 Å². The van der Waals surface area contributed by atoms with Crippen molar-refractivity contribution in [1.82, 2.24) is 9.78 Å². The summed E-state index contributed by atoms with van der Waals surface area (Å²) in [5.74, 6) is 0. The summed E-state index contributed by atoms with van der Waals surface area (Å²) in [6.07, 6.45) is 4.14. The Kier molecular flexibility index (Phi) is 6.01. The molecule has 0 aliphatic rings. The molecule has 0 saturated carbocycles. The van der Waals surface area contributed by atoms with Crippen LogP contribution in [0.15, 0.2) is 10.7 Å². The molecule has 1 heterocycles. The van der Waals surface area contributed by atoms with Gasteiger partial charge in [-0.1, -0.05) is 19.8 Å². The van der Waals surface area contributed by atoms with Crippen molar-refractivity contribution in [1.29, 1.82) is 0 Å². The van der Waals surface area contributed by atoms with Crippen molar-refractivity contribution in [2.75, 3.05) is 13.7 Å². The zero-order valence-electron chi connectivity index (χ0n) is 9.82. The summed E-state index contributed by atoms with van der Waals surface area (Å²) in [6, 6.07) is 0. The largest absolute Gasteiger partial charge is 0.387 e. The Morgan fingerprint density at radius 2 is 2.38 bits per heavy atom. The fourth-order valence-electron chi connectivity index (χ4n) is 1.59. The van der Waals surface area contributed by atoms with Gasteiger partial charge in [0.1, 0.15) is 0 Å². The highest BCUT2D eigenvalue weighted by atomic mass is 79.9. The van der Waals surface area contributed by atoms with Crippen molar-refractivity contribution in [2.24, 2.45) is 0 Å². The summed E-state index contributed by atoms with van der Waals surface area (Å²) in [5, 5.41) is 14.3. The van der Waals surface area contributed by atoms with Gasteiger partial charge in [-0.05, 0) is 22.4 Å². The first-order chi connectivity index (χ1) is 7.70. The second-order valence-electron chi connectivity index (χ2n) is 3.75. The number of halogens is 1. The predicted molar refractivity (Wildman–Crippen MR) is 66.3 cm³/mol. The Morgan fingerprint density at radius 3 is 3.00 bits per heavy atom. The van der Waals surface area contributed by atoms with E-state index in [1.807, 2.05) is 0 Å². The molecule has 0 spiro atoms. The van der Waals surface area contributed by atoms with Crippen molar-refractivity contribution < 1.29 is 9.84 Å². The van der Waals surface area contributed by atoms with Crippen molar-refractivity contribution in [2.45, 2.75) is 38.8 Å². The Labute approximate surface area is 105 Å². The van der Waals surface area contributed by atoms with Gasteiger partial charge in [0.15, 0.2) is 0 Å². The van der Waals surface area contributed by atoms with E-state index in [0.717, 1.165) is 29.4 Å². The quantitative estimate of drug-likeness (QED) is 0.839. The third-order valence-corrected chi connectivity index (χ3v) is 3.10. The van der Waals surface area contributed by atoms with Gasteiger partial charge in [0.05, 0.1) is 35.6 Å².